The van der Waals surface area contributed by atoms with Crippen LogP contribution in [0.4, 0.5) is 0 Å². The van der Waals surface area contributed by atoms with Gasteiger partial charge in [0.15, 0.2) is 0 Å². The molecule has 0 atom stereocenters. The summed E-state index contributed by atoms with van der Waals surface area (Å²) in [5.74, 6) is 0.481. The molecule has 0 spiro atoms. The van der Waals surface area contributed by atoms with Crippen LogP contribution in [0.25, 0.3) is 0 Å². The van der Waals surface area contributed by atoms with Crippen LogP contribution in [0.3, 0.4) is 0 Å². The van der Waals surface area contributed by atoms with Crippen LogP contribution in [0.15, 0.2) is 5.38 Å². The van der Waals surface area contributed by atoms with Gasteiger partial charge in [-0.3, -0.25) is 4.90 Å². The Hall–Kier alpha value is -0.0900. The Kier molecular flexibility index (Phi) is 3.12. The van der Waals surface area contributed by atoms with Crippen LogP contribution in [0, 0.1) is 12.8 Å². The van der Waals surface area contributed by atoms with Crippen LogP contribution in [-0.2, 0) is 6.54 Å². The molecule has 14 heavy (non-hydrogen) atoms. The lowest BCUT2D eigenvalue weighted by Crippen LogP contribution is -2.47. The van der Waals surface area contributed by atoms with Crippen molar-refractivity contribution in [3.05, 3.63) is 20.8 Å². The first kappa shape index (κ1) is 10.4. The van der Waals surface area contributed by atoms with Crippen molar-refractivity contribution in [3.63, 3.8) is 0 Å². The fraction of sp³-hybridized carbons (Fsp3) is 0.600. The van der Waals surface area contributed by atoms with Gasteiger partial charge in [0, 0.05) is 37.0 Å². The molecular weight excluding hydrogens is 218 g/mol. The zero-order chi connectivity index (χ0) is 10.1. The number of hydrogen-bond donors (Lipinski definition) is 1. The molecule has 1 saturated heterocycles. The van der Waals surface area contributed by atoms with Crippen LogP contribution in [0.1, 0.15) is 10.4 Å². The summed E-state index contributed by atoms with van der Waals surface area (Å²) in [4.78, 5) is 3.57. The maximum absolute atomic E-state index is 8.88. The SMILES string of the molecule is Cc1csc(CN2CC(CO)C2)c1Cl. The number of likely N-dealkylation sites (tertiary alicyclic amines) is 1. The van der Waals surface area contributed by atoms with E-state index in [0.717, 1.165) is 24.7 Å². The third-order valence-electron chi connectivity index (χ3n) is 2.63. The number of halogens is 1. The standard InChI is InChI=1S/C10H14ClNOS/c1-7-6-14-9(10(7)11)4-12-2-8(3-12)5-13/h6,8,13H,2-5H2,1H3. The van der Waals surface area contributed by atoms with E-state index in [0.29, 0.717) is 12.5 Å². The van der Waals surface area contributed by atoms with Gasteiger partial charge in [-0.2, -0.15) is 0 Å². The van der Waals surface area contributed by atoms with Gasteiger partial charge < -0.3 is 5.11 Å². The van der Waals surface area contributed by atoms with Crippen LogP contribution in [0.2, 0.25) is 5.02 Å². The lowest BCUT2D eigenvalue weighted by molar-refractivity contribution is 0.0487. The van der Waals surface area contributed by atoms with Crippen LogP contribution >= 0.6 is 22.9 Å². The van der Waals surface area contributed by atoms with E-state index < -0.39 is 0 Å². The molecule has 2 nitrogen and oxygen atoms in total. The molecule has 1 N–H and O–H groups in total. The molecule has 2 rings (SSSR count). The second-order valence-corrected chi connectivity index (χ2v) is 5.24. The summed E-state index contributed by atoms with van der Waals surface area (Å²) in [5.41, 5.74) is 1.17. The highest BCUT2D eigenvalue weighted by Crippen LogP contribution is 2.30. The normalized spacial score (nSPS) is 18.5. The average Bonchev–Trinajstić information content (AvgIpc) is 2.41. The Morgan fingerprint density at radius 2 is 2.36 bits per heavy atom. The molecule has 1 aliphatic rings. The van der Waals surface area contributed by atoms with Gasteiger partial charge in [0.25, 0.3) is 0 Å². The van der Waals surface area contributed by atoms with Crippen molar-refractivity contribution in [3.8, 4) is 0 Å². The molecule has 0 saturated carbocycles. The van der Waals surface area contributed by atoms with Gasteiger partial charge in [-0.15, -0.1) is 11.3 Å². The average molecular weight is 232 g/mol. The third kappa shape index (κ3) is 1.96. The minimum atomic E-state index is 0.313. The maximum Gasteiger partial charge on any atom is 0.0587 e. The first-order chi connectivity index (χ1) is 6.70. The smallest absolute Gasteiger partial charge is 0.0587 e. The van der Waals surface area contributed by atoms with Crippen LogP contribution < -0.4 is 0 Å². The highest BCUT2D eigenvalue weighted by atomic mass is 35.5. The number of nitrogens with zero attached hydrogens (tertiary/aromatic N) is 1. The molecule has 2 heterocycles. The van der Waals surface area contributed by atoms with Gasteiger partial charge in [-0.25, -0.2) is 0 Å². The van der Waals surface area contributed by atoms with Gasteiger partial charge in [-0.05, 0) is 17.9 Å². The molecule has 0 amide bonds. The molecule has 0 aromatic carbocycles. The summed E-state index contributed by atoms with van der Waals surface area (Å²) in [6.45, 7) is 5.30. The van der Waals surface area contributed by atoms with E-state index in [-0.39, 0.29) is 0 Å². The molecule has 1 fully saturated rings. The predicted molar refractivity (Wildman–Crippen MR) is 59.9 cm³/mol. The van der Waals surface area contributed by atoms with Crippen molar-refractivity contribution < 1.29 is 5.11 Å². The molecule has 1 aromatic heterocycles. The zero-order valence-electron chi connectivity index (χ0n) is 8.16. The topological polar surface area (TPSA) is 23.5 Å². The summed E-state index contributed by atoms with van der Waals surface area (Å²) in [6.07, 6.45) is 0. The monoisotopic (exact) mass is 231 g/mol. The summed E-state index contributed by atoms with van der Waals surface area (Å²) in [6, 6.07) is 0. The van der Waals surface area contributed by atoms with E-state index in [1.165, 1.54) is 10.4 Å². The van der Waals surface area contributed by atoms with E-state index in [1.54, 1.807) is 11.3 Å². The zero-order valence-corrected chi connectivity index (χ0v) is 9.74. The van der Waals surface area contributed by atoms with Gasteiger partial charge >= 0.3 is 0 Å². The number of rotatable bonds is 3. The quantitative estimate of drug-likeness (QED) is 0.862. The molecule has 0 radical (unpaired) electrons. The Labute approximate surface area is 93.1 Å². The molecular formula is C10H14ClNOS. The van der Waals surface area contributed by atoms with Crippen molar-refractivity contribution >= 4 is 22.9 Å². The maximum atomic E-state index is 8.88. The van der Waals surface area contributed by atoms with Crippen molar-refractivity contribution in [1.82, 2.24) is 4.90 Å². The summed E-state index contributed by atoms with van der Waals surface area (Å²) in [5, 5.41) is 11.9. The molecule has 78 valence electrons. The third-order valence-corrected chi connectivity index (χ3v) is 4.35. The highest BCUT2D eigenvalue weighted by Gasteiger charge is 2.26. The number of aryl methyl sites for hydroxylation is 1. The summed E-state index contributed by atoms with van der Waals surface area (Å²) >= 11 is 7.87. The van der Waals surface area contributed by atoms with Crippen molar-refractivity contribution in [1.29, 1.82) is 0 Å². The van der Waals surface area contributed by atoms with Gasteiger partial charge in [-0.1, -0.05) is 11.6 Å². The molecule has 0 unspecified atom stereocenters. The van der Waals surface area contributed by atoms with E-state index in [9.17, 15) is 0 Å². The first-order valence-electron chi connectivity index (χ1n) is 4.76. The van der Waals surface area contributed by atoms with Crippen LogP contribution in [0.5, 0.6) is 0 Å². The predicted octanol–water partition coefficient (Wildman–Crippen LogP) is 2.13. The summed E-state index contributed by atoms with van der Waals surface area (Å²) < 4.78 is 0. The number of aliphatic hydroxyl groups is 1. The van der Waals surface area contributed by atoms with Crippen molar-refractivity contribution in [2.24, 2.45) is 5.92 Å². The Morgan fingerprint density at radius 1 is 1.64 bits per heavy atom. The van der Waals surface area contributed by atoms with Gasteiger partial charge in [0.1, 0.15) is 0 Å². The van der Waals surface area contributed by atoms with E-state index >= 15 is 0 Å². The largest absolute Gasteiger partial charge is 0.396 e. The van der Waals surface area contributed by atoms with Gasteiger partial charge in [0.2, 0.25) is 0 Å². The Morgan fingerprint density at radius 3 is 2.86 bits per heavy atom. The minimum absolute atomic E-state index is 0.313. The second kappa shape index (κ2) is 4.19. The Bertz CT molecular complexity index is 320. The minimum Gasteiger partial charge on any atom is -0.396 e. The first-order valence-corrected chi connectivity index (χ1v) is 6.02. The second-order valence-electron chi connectivity index (χ2n) is 3.90. The fourth-order valence-electron chi connectivity index (χ4n) is 1.71. The lowest BCUT2D eigenvalue weighted by Gasteiger charge is -2.37. The number of aliphatic hydroxyl groups excluding tert-OH is 1. The van der Waals surface area contributed by atoms with E-state index in [4.69, 9.17) is 16.7 Å². The molecule has 1 aromatic rings. The molecule has 0 aliphatic carbocycles. The number of thiophene rings is 1. The molecule has 1 aliphatic heterocycles. The van der Waals surface area contributed by atoms with Gasteiger partial charge in [0.05, 0.1) is 5.02 Å². The fourth-order valence-corrected chi connectivity index (χ4v) is 2.99. The van der Waals surface area contributed by atoms with E-state index in [2.05, 4.69) is 10.3 Å². The van der Waals surface area contributed by atoms with Crippen molar-refractivity contribution in [2.45, 2.75) is 13.5 Å². The lowest BCUT2D eigenvalue weighted by atomic mass is 10.0. The van der Waals surface area contributed by atoms with Crippen molar-refractivity contribution in [2.75, 3.05) is 19.7 Å². The van der Waals surface area contributed by atoms with E-state index in [1.807, 2.05) is 6.92 Å². The van der Waals surface area contributed by atoms with Crippen LogP contribution in [-0.4, -0.2) is 29.7 Å². The number of hydrogen-bond acceptors (Lipinski definition) is 3. The molecule has 0 bridgehead atoms. The molecule has 4 heteroatoms. The summed E-state index contributed by atoms with van der Waals surface area (Å²) in [7, 11) is 0. The highest BCUT2D eigenvalue weighted by molar-refractivity contribution is 7.10. The Balaban J connectivity index is 1.90.